The van der Waals surface area contributed by atoms with Gasteiger partial charge < -0.3 is 10.2 Å². The maximum atomic E-state index is 11.3. The summed E-state index contributed by atoms with van der Waals surface area (Å²) >= 11 is 0. The van der Waals surface area contributed by atoms with Crippen molar-refractivity contribution in [1.29, 1.82) is 0 Å². The summed E-state index contributed by atoms with van der Waals surface area (Å²) < 4.78 is 0. The standard InChI is InChI=1S/C12H19N5O2/c1-9-6-4-3-5-7-16(9)12-10(17(18)19)11(13-2)14-8-15-12/h8-9H,3-7H2,1-2H3,(H,13,14,15). The quantitative estimate of drug-likeness (QED) is 0.666. The summed E-state index contributed by atoms with van der Waals surface area (Å²) in [5.41, 5.74) is -0.0289. The van der Waals surface area contributed by atoms with E-state index in [1.54, 1.807) is 7.05 Å². The Morgan fingerprint density at radius 1 is 1.42 bits per heavy atom. The highest BCUT2D eigenvalue weighted by Crippen LogP contribution is 2.34. The van der Waals surface area contributed by atoms with Crippen molar-refractivity contribution >= 4 is 17.3 Å². The molecule has 2 heterocycles. The van der Waals surface area contributed by atoms with Gasteiger partial charge in [0.15, 0.2) is 0 Å². The Morgan fingerprint density at radius 3 is 2.89 bits per heavy atom. The largest absolute Gasteiger partial charge is 0.367 e. The van der Waals surface area contributed by atoms with Gasteiger partial charge in [-0.1, -0.05) is 12.8 Å². The van der Waals surface area contributed by atoms with Crippen LogP contribution in [0.1, 0.15) is 32.6 Å². The predicted octanol–water partition coefficient (Wildman–Crippen LogP) is 2.20. The number of nitrogens with one attached hydrogen (secondary N) is 1. The smallest absolute Gasteiger partial charge is 0.353 e. The zero-order valence-corrected chi connectivity index (χ0v) is 11.3. The van der Waals surface area contributed by atoms with Crippen LogP contribution in [-0.2, 0) is 0 Å². The summed E-state index contributed by atoms with van der Waals surface area (Å²) in [6.07, 6.45) is 5.79. The summed E-state index contributed by atoms with van der Waals surface area (Å²) in [5, 5.41) is 14.1. The van der Waals surface area contributed by atoms with Gasteiger partial charge >= 0.3 is 5.69 Å². The fourth-order valence-electron chi connectivity index (χ4n) is 2.52. The van der Waals surface area contributed by atoms with E-state index in [0.717, 1.165) is 25.8 Å². The van der Waals surface area contributed by atoms with Crippen molar-refractivity contribution < 1.29 is 4.92 Å². The number of aromatic nitrogens is 2. The predicted molar refractivity (Wildman–Crippen MR) is 73.5 cm³/mol. The molecule has 1 fully saturated rings. The second-order valence-electron chi connectivity index (χ2n) is 4.79. The molecule has 0 aromatic carbocycles. The summed E-state index contributed by atoms with van der Waals surface area (Å²) in [5.74, 6) is 0.699. The van der Waals surface area contributed by atoms with Crippen molar-refractivity contribution in [3.05, 3.63) is 16.4 Å². The second kappa shape index (κ2) is 5.81. The Labute approximate surface area is 112 Å². The van der Waals surface area contributed by atoms with Crippen LogP contribution in [0, 0.1) is 10.1 Å². The minimum absolute atomic E-state index is 0.0289. The van der Waals surface area contributed by atoms with Gasteiger partial charge in [0, 0.05) is 19.6 Å². The van der Waals surface area contributed by atoms with Crippen molar-refractivity contribution in [3.63, 3.8) is 0 Å². The van der Waals surface area contributed by atoms with E-state index in [2.05, 4.69) is 22.2 Å². The van der Waals surface area contributed by atoms with Crippen LogP contribution >= 0.6 is 0 Å². The van der Waals surface area contributed by atoms with Crippen LogP contribution < -0.4 is 10.2 Å². The molecule has 2 rings (SSSR count). The van der Waals surface area contributed by atoms with E-state index < -0.39 is 4.92 Å². The van der Waals surface area contributed by atoms with Crippen molar-refractivity contribution in [2.24, 2.45) is 0 Å². The highest BCUT2D eigenvalue weighted by Gasteiger charge is 2.29. The third kappa shape index (κ3) is 2.74. The molecule has 1 saturated heterocycles. The van der Waals surface area contributed by atoms with E-state index in [4.69, 9.17) is 0 Å². The first-order valence-electron chi connectivity index (χ1n) is 6.59. The molecule has 0 aliphatic carbocycles. The molecule has 7 nitrogen and oxygen atoms in total. The lowest BCUT2D eigenvalue weighted by Crippen LogP contribution is -2.34. The number of nitrogens with zero attached hydrogens (tertiary/aromatic N) is 4. The molecule has 0 bridgehead atoms. The molecule has 1 aliphatic rings. The molecule has 0 spiro atoms. The first-order chi connectivity index (χ1) is 9.15. The zero-order chi connectivity index (χ0) is 13.8. The first kappa shape index (κ1) is 13.5. The number of nitro groups is 1. The maximum Gasteiger partial charge on any atom is 0.353 e. The van der Waals surface area contributed by atoms with Gasteiger partial charge in [-0.15, -0.1) is 0 Å². The Balaban J connectivity index is 2.45. The molecule has 0 amide bonds. The normalized spacial score (nSPS) is 19.9. The summed E-state index contributed by atoms with van der Waals surface area (Å²) in [7, 11) is 1.63. The average Bonchev–Trinajstić information content (AvgIpc) is 2.62. The van der Waals surface area contributed by atoms with Crippen LogP contribution in [0.25, 0.3) is 0 Å². The summed E-state index contributed by atoms with van der Waals surface area (Å²) in [6.45, 7) is 2.90. The van der Waals surface area contributed by atoms with E-state index in [1.165, 1.54) is 12.7 Å². The van der Waals surface area contributed by atoms with Gasteiger partial charge in [-0.25, -0.2) is 9.97 Å². The van der Waals surface area contributed by atoms with E-state index >= 15 is 0 Å². The molecule has 1 aliphatic heterocycles. The topological polar surface area (TPSA) is 84.2 Å². The van der Waals surface area contributed by atoms with Gasteiger partial charge in [0.25, 0.3) is 0 Å². The SMILES string of the molecule is CNc1ncnc(N2CCCCCC2C)c1[N+](=O)[O-]. The molecule has 19 heavy (non-hydrogen) atoms. The van der Waals surface area contributed by atoms with E-state index in [0.29, 0.717) is 5.82 Å². The summed E-state index contributed by atoms with van der Waals surface area (Å²) in [6, 6.07) is 0.265. The maximum absolute atomic E-state index is 11.3. The molecular weight excluding hydrogens is 246 g/mol. The lowest BCUT2D eigenvalue weighted by Gasteiger charge is -2.27. The third-order valence-corrected chi connectivity index (χ3v) is 3.55. The summed E-state index contributed by atoms with van der Waals surface area (Å²) in [4.78, 5) is 21.0. The Bertz CT molecular complexity index is 465. The molecule has 1 atom stereocenters. The van der Waals surface area contributed by atoms with Crippen molar-refractivity contribution in [3.8, 4) is 0 Å². The van der Waals surface area contributed by atoms with E-state index in [9.17, 15) is 10.1 Å². The molecule has 7 heteroatoms. The average molecular weight is 265 g/mol. The Hall–Kier alpha value is -1.92. The monoisotopic (exact) mass is 265 g/mol. The second-order valence-corrected chi connectivity index (χ2v) is 4.79. The number of rotatable bonds is 3. The number of anilines is 2. The van der Waals surface area contributed by atoms with E-state index in [1.807, 2.05) is 4.90 Å². The number of hydrogen-bond donors (Lipinski definition) is 1. The highest BCUT2D eigenvalue weighted by atomic mass is 16.6. The molecular formula is C12H19N5O2. The lowest BCUT2D eigenvalue weighted by molar-refractivity contribution is -0.383. The van der Waals surface area contributed by atoms with Gasteiger partial charge in [0.05, 0.1) is 4.92 Å². The molecule has 1 unspecified atom stereocenters. The van der Waals surface area contributed by atoms with Crippen LogP contribution in [0.15, 0.2) is 6.33 Å². The molecule has 0 saturated carbocycles. The van der Waals surface area contributed by atoms with Crippen molar-refractivity contribution in [2.45, 2.75) is 38.6 Å². The lowest BCUT2D eigenvalue weighted by atomic mass is 10.1. The van der Waals surface area contributed by atoms with Crippen LogP contribution in [0.3, 0.4) is 0 Å². The van der Waals surface area contributed by atoms with Crippen LogP contribution in [-0.4, -0.2) is 34.5 Å². The molecule has 1 N–H and O–H groups in total. The molecule has 0 radical (unpaired) electrons. The fourth-order valence-corrected chi connectivity index (χ4v) is 2.52. The zero-order valence-electron chi connectivity index (χ0n) is 11.3. The highest BCUT2D eigenvalue weighted by molar-refractivity contribution is 5.70. The molecule has 1 aromatic rings. The fraction of sp³-hybridized carbons (Fsp3) is 0.667. The van der Waals surface area contributed by atoms with Gasteiger partial charge in [0.2, 0.25) is 11.6 Å². The van der Waals surface area contributed by atoms with Crippen molar-refractivity contribution in [1.82, 2.24) is 9.97 Å². The third-order valence-electron chi connectivity index (χ3n) is 3.55. The molecule has 1 aromatic heterocycles. The minimum atomic E-state index is -0.404. The minimum Gasteiger partial charge on any atom is -0.367 e. The van der Waals surface area contributed by atoms with Crippen LogP contribution in [0.5, 0.6) is 0 Å². The van der Waals surface area contributed by atoms with E-state index in [-0.39, 0.29) is 17.5 Å². The van der Waals surface area contributed by atoms with Gasteiger partial charge in [-0.3, -0.25) is 10.1 Å². The van der Waals surface area contributed by atoms with Gasteiger partial charge in [-0.05, 0) is 19.8 Å². The Morgan fingerprint density at radius 2 is 2.21 bits per heavy atom. The van der Waals surface area contributed by atoms with Crippen LogP contribution in [0.4, 0.5) is 17.3 Å². The Kier molecular flexibility index (Phi) is 4.13. The first-order valence-corrected chi connectivity index (χ1v) is 6.59. The number of hydrogen-bond acceptors (Lipinski definition) is 6. The van der Waals surface area contributed by atoms with Gasteiger partial charge in [-0.2, -0.15) is 0 Å². The van der Waals surface area contributed by atoms with Gasteiger partial charge in [0.1, 0.15) is 6.33 Å². The van der Waals surface area contributed by atoms with Crippen molar-refractivity contribution in [2.75, 3.05) is 23.8 Å². The molecule has 104 valence electrons. The van der Waals surface area contributed by atoms with Crippen LogP contribution in [0.2, 0.25) is 0 Å².